The second kappa shape index (κ2) is 9.65. The summed E-state index contributed by atoms with van der Waals surface area (Å²) in [7, 11) is -3.80. The molecule has 2 fully saturated rings. The molecule has 0 aromatic heterocycles. The molecule has 1 aromatic carbocycles. The van der Waals surface area contributed by atoms with Crippen molar-refractivity contribution in [3.8, 4) is 0 Å². The van der Waals surface area contributed by atoms with Crippen LogP contribution in [0, 0.1) is 27.4 Å². The van der Waals surface area contributed by atoms with Crippen molar-refractivity contribution in [1.29, 1.82) is 0 Å². The number of nitro benzene ring substituents is 1. The molecule has 34 heavy (non-hydrogen) atoms. The van der Waals surface area contributed by atoms with Crippen molar-refractivity contribution in [2.24, 2.45) is 17.3 Å². The largest absolute Gasteiger partial charge is 0.362 e. The minimum Gasteiger partial charge on any atom is -0.362 e. The van der Waals surface area contributed by atoms with Crippen LogP contribution in [0.2, 0.25) is 0 Å². The number of benzene rings is 1. The lowest BCUT2D eigenvalue weighted by Crippen LogP contribution is -2.49. The van der Waals surface area contributed by atoms with E-state index in [1.807, 2.05) is 23.6 Å². The van der Waals surface area contributed by atoms with Crippen molar-refractivity contribution in [1.82, 2.24) is 9.21 Å². The molecule has 1 aliphatic heterocycles. The van der Waals surface area contributed by atoms with Gasteiger partial charge in [-0.15, -0.1) is 0 Å². The molecule has 0 radical (unpaired) electrons. The van der Waals surface area contributed by atoms with Crippen LogP contribution in [0.1, 0.15) is 41.5 Å². The molecule has 0 bridgehead atoms. The number of anilines is 1. The van der Waals surface area contributed by atoms with Gasteiger partial charge in [-0.2, -0.15) is 4.31 Å². The fourth-order valence-corrected chi connectivity index (χ4v) is 6.45. The normalized spacial score (nSPS) is 22.0. The molecule has 1 heterocycles. The number of rotatable bonds is 8. The third kappa shape index (κ3) is 4.84. The summed E-state index contributed by atoms with van der Waals surface area (Å²) in [6.07, 6.45) is 2.18. The van der Waals surface area contributed by atoms with Crippen LogP contribution in [0.4, 0.5) is 11.4 Å². The zero-order valence-corrected chi connectivity index (χ0v) is 21.8. The third-order valence-corrected chi connectivity index (χ3v) is 9.15. The molecular formula is C24H36N4O5S. The van der Waals surface area contributed by atoms with E-state index in [1.54, 1.807) is 13.8 Å². The maximum absolute atomic E-state index is 13.2. The van der Waals surface area contributed by atoms with Gasteiger partial charge in [-0.3, -0.25) is 14.9 Å². The van der Waals surface area contributed by atoms with Crippen LogP contribution in [-0.2, 0) is 14.8 Å². The number of nitro groups is 1. The highest BCUT2D eigenvalue weighted by atomic mass is 32.2. The van der Waals surface area contributed by atoms with Crippen molar-refractivity contribution in [2.45, 2.75) is 46.4 Å². The zero-order valence-electron chi connectivity index (χ0n) is 20.9. The molecule has 9 nitrogen and oxygen atoms in total. The minimum absolute atomic E-state index is 0.0344. The maximum Gasteiger partial charge on any atom is 0.293 e. The lowest BCUT2D eigenvalue weighted by Gasteiger charge is -2.36. The number of hydrogen-bond acceptors (Lipinski definition) is 6. The Hall–Kier alpha value is -2.46. The SMILES string of the molecule is CCN(CC)S(=O)(=O)c1ccc(N2CCN(C(=O)C3C(C=C(C)C)C3(C)C)CC2)c([N+](=O)[O-])c1. The summed E-state index contributed by atoms with van der Waals surface area (Å²) in [5, 5.41) is 11.8. The van der Waals surface area contributed by atoms with Crippen molar-refractivity contribution in [3.05, 3.63) is 40.0 Å². The van der Waals surface area contributed by atoms with E-state index in [1.165, 1.54) is 22.0 Å². The van der Waals surface area contributed by atoms with Crippen LogP contribution in [0.5, 0.6) is 0 Å². The zero-order chi connectivity index (χ0) is 25.4. The van der Waals surface area contributed by atoms with Gasteiger partial charge >= 0.3 is 0 Å². The molecule has 1 saturated carbocycles. The fraction of sp³-hybridized carbons (Fsp3) is 0.625. The van der Waals surface area contributed by atoms with E-state index < -0.39 is 14.9 Å². The van der Waals surface area contributed by atoms with Crippen molar-refractivity contribution >= 4 is 27.3 Å². The standard InChI is InChI=1S/C24H36N4O5S/c1-7-27(8-2)34(32,33)18-9-10-20(21(16-18)28(30)31)25-11-13-26(14-12-25)23(29)22-19(15-17(3)4)24(22,5)6/h9-10,15-16,19,22H,7-8,11-14H2,1-6H3. The quantitative estimate of drug-likeness (QED) is 0.312. The predicted molar refractivity (Wildman–Crippen MR) is 132 cm³/mol. The number of allylic oxidation sites excluding steroid dienone is 2. The van der Waals surface area contributed by atoms with Gasteiger partial charge in [-0.05, 0) is 37.3 Å². The number of carbonyl (C=O) groups excluding carboxylic acids is 1. The lowest BCUT2D eigenvalue weighted by molar-refractivity contribution is -0.384. The first-order chi connectivity index (χ1) is 15.9. The Morgan fingerprint density at radius 2 is 1.76 bits per heavy atom. The van der Waals surface area contributed by atoms with Gasteiger partial charge in [-0.1, -0.05) is 39.3 Å². The van der Waals surface area contributed by atoms with E-state index in [9.17, 15) is 23.3 Å². The summed E-state index contributed by atoms with van der Waals surface area (Å²) >= 11 is 0. The summed E-state index contributed by atoms with van der Waals surface area (Å²) in [4.78, 5) is 28.1. The summed E-state index contributed by atoms with van der Waals surface area (Å²) in [6.45, 7) is 14.2. The Bertz CT molecular complexity index is 1080. The topological polar surface area (TPSA) is 104 Å². The highest BCUT2D eigenvalue weighted by molar-refractivity contribution is 7.89. The maximum atomic E-state index is 13.2. The van der Waals surface area contributed by atoms with Crippen molar-refractivity contribution in [2.75, 3.05) is 44.2 Å². The van der Waals surface area contributed by atoms with Gasteiger partial charge in [0.15, 0.2) is 0 Å². The van der Waals surface area contributed by atoms with E-state index in [-0.39, 0.29) is 46.8 Å². The highest BCUT2D eigenvalue weighted by Gasteiger charge is 2.61. The van der Waals surface area contributed by atoms with Gasteiger partial charge in [0.1, 0.15) is 5.69 Å². The number of nitrogens with zero attached hydrogens (tertiary/aromatic N) is 4. The molecule has 2 aliphatic rings. The second-order valence-electron chi connectivity index (χ2n) is 9.88. The number of hydrogen-bond donors (Lipinski definition) is 0. The molecule has 1 aromatic rings. The summed E-state index contributed by atoms with van der Waals surface area (Å²) in [5.41, 5.74) is 1.29. The molecule has 3 rings (SSSR count). The minimum atomic E-state index is -3.80. The van der Waals surface area contributed by atoms with E-state index in [4.69, 9.17) is 0 Å². The summed E-state index contributed by atoms with van der Waals surface area (Å²) in [5.74, 6) is 0.347. The molecule has 1 saturated heterocycles. The highest BCUT2D eigenvalue weighted by Crippen LogP contribution is 2.60. The Morgan fingerprint density at radius 1 is 1.18 bits per heavy atom. The second-order valence-corrected chi connectivity index (χ2v) is 11.8. The van der Waals surface area contributed by atoms with Crippen molar-refractivity contribution in [3.63, 3.8) is 0 Å². The first-order valence-electron chi connectivity index (χ1n) is 11.8. The van der Waals surface area contributed by atoms with Gasteiger partial charge in [0, 0.05) is 45.3 Å². The van der Waals surface area contributed by atoms with E-state index in [0.717, 1.165) is 6.07 Å². The Kier molecular flexibility index (Phi) is 7.43. The molecule has 1 aliphatic carbocycles. The number of piperazine rings is 1. The molecule has 188 valence electrons. The Morgan fingerprint density at radius 3 is 2.26 bits per heavy atom. The molecule has 0 spiro atoms. The van der Waals surface area contributed by atoms with Gasteiger partial charge in [-0.25, -0.2) is 8.42 Å². The molecular weight excluding hydrogens is 456 g/mol. The van der Waals surface area contributed by atoms with Gasteiger partial charge in [0.25, 0.3) is 5.69 Å². The van der Waals surface area contributed by atoms with Crippen LogP contribution in [0.3, 0.4) is 0 Å². The summed E-state index contributed by atoms with van der Waals surface area (Å²) in [6, 6.07) is 4.10. The molecule has 1 amide bonds. The average molecular weight is 493 g/mol. The van der Waals surface area contributed by atoms with Crippen LogP contribution in [0.25, 0.3) is 0 Å². The molecule has 10 heteroatoms. The van der Waals surface area contributed by atoms with Gasteiger partial charge in [0.2, 0.25) is 15.9 Å². The molecule has 2 unspecified atom stereocenters. The average Bonchev–Trinajstić information content (AvgIpc) is 3.32. The van der Waals surface area contributed by atoms with E-state index in [0.29, 0.717) is 31.9 Å². The fourth-order valence-electron chi connectivity index (χ4n) is 4.97. The van der Waals surface area contributed by atoms with Crippen LogP contribution >= 0.6 is 0 Å². The smallest absolute Gasteiger partial charge is 0.293 e. The number of carbonyl (C=O) groups is 1. The first kappa shape index (κ1) is 26.2. The van der Waals surface area contributed by atoms with Crippen LogP contribution in [0.15, 0.2) is 34.7 Å². The summed E-state index contributed by atoms with van der Waals surface area (Å²) < 4.78 is 26.9. The monoisotopic (exact) mass is 492 g/mol. The van der Waals surface area contributed by atoms with Gasteiger partial charge in [0.05, 0.1) is 15.7 Å². The Balaban J connectivity index is 1.76. The third-order valence-electron chi connectivity index (χ3n) is 7.11. The first-order valence-corrected chi connectivity index (χ1v) is 13.3. The lowest BCUT2D eigenvalue weighted by atomic mass is 10.1. The van der Waals surface area contributed by atoms with Crippen molar-refractivity contribution < 1.29 is 18.1 Å². The number of amides is 1. The molecule has 2 atom stereocenters. The predicted octanol–water partition coefficient (Wildman–Crippen LogP) is 3.51. The Labute approximate surface area is 202 Å². The van der Waals surface area contributed by atoms with E-state index in [2.05, 4.69) is 19.9 Å². The van der Waals surface area contributed by atoms with Crippen LogP contribution < -0.4 is 4.90 Å². The van der Waals surface area contributed by atoms with Crippen LogP contribution in [-0.4, -0.2) is 67.7 Å². The van der Waals surface area contributed by atoms with E-state index >= 15 is 0 Å². The van der Waals surface area contributed by atoms with Gasteiger partial charge < -0.3 is 9.80 Å². The molecule has 0 N–H and O–H groups in total. The number of sulfonamides is 1.